The van der Waals surface area contributed by atoms with Gasteiger partial charge in [0, 0.05) is 17.5 Å². The molecule has 0 amide bonds. The summed E-state index contributed by atoms with van der Waals surface area (Å²) in [6.45, 7) is 0. The SMILES string of the molecule is N[C@@H]1c2c(F)cc(C(F)F)cc2C[C@@H]1O. The zero-order valence-electron chi connectivity index (χ0n) is 7.75. The molecular formula is C10H10F3NO. The molecule has 2 nitrogen and oxygen atoms in total. The number of aliphatic hydroxyl groups is 1. The molecule has 0 heterocycles. The van der Waals surface area contributed by atoms with Crippen LogP contribution < -0.4 is 5.73 Å². The van der Waals surface area contributed by atoms with Gasteiger partial charge in [0.2, 0.25) is 0 Å². The molecule has 82 valence electrons. The van der Waals surface area contributed by atoms with Gasteiger partial charge in [-0.15, -0.1) is 0 Å². The van der Waals surface area contributed by atoms with Gasteiger partial charge < -0.3 is 10.8 Å². The number of rotatable bonds is 1. The predicted molar refractivity (Wildman–Crippen MR) is 48.0 cm³/mol. The van der Waals surface area contributed by atoms with E-state index in [1.807, 2.05) is 0 Å². The van der Waals surface area contributed by atoms with E-state index < -0.39 is 24.4 Å². The van der Waals surface area contributed by atoms with Crippen molar-refractivity contribution in [3.05, 3.63) is 34.6 Å². The molecule has 0 radical (unpaired) electrons. The number of alkyl halides is 2. The monoisotopic (exact) mass is 217 g/mol. The Kier molecular flexibility index (Phi) is 2.44. The third-order valence-electron chi connectivity index (χ3n) is 2.67. The Morgan fingerprint density at radius 1 is 1.40 bits per heavy atom. The van der Waals surface area contributed by atoms with Crippen LogP contribution >= 0.6 is 0 Å². The van der Waals surface area contributed by atoms with E-state index in [-0.39, 0.29) is 17.5 Å². The van der Waals surface area contributed by atoms with E-state index in [9.17, 15) is 18.3 Å². The molecule has 1 aliphatic carbocycles. The first kappa shape index (κ1) is 10.4. The van der Waals surface area contributed by atoms with E-state index in [4.69, 9.17) is 5.73 Å². The standard InChI is InChI=1S/C10H10F3NO/c11-6-2-5(10(12)13)1-4-3-7(15)9(14)8(4)6/h1-2,7,9-10,15H,3,14H2/t7-,9-/m0/s1. The average Bonchev–Trinajstić information content (AvgIpc) is 2.42. The first-order valence-corrected chi connectivity index (χ1v) is 4.54. The van der Waals surface area contributed by atoms with Crippen LogP contribution in [0, 0.1) is 5.82 Å². The number of hydrogen-bond donors (Lipinski definition) is 2. The number of nitrogens with two attached hydrogens (primary N) is 1. The van der Waals surface area contributed by atoms with E-state index in [1.165, 1.54) is 6.07 Å². The van der Waals surface area contributed by atoms with Gasteiger partial charge in [0.15, 0.2) is 0 Å². The maximum Gasteiger partial charge on any atom is 0.263 e. The molecule has 0 aromatic heterocycles. The number of fused-ring (bicyclic) bond motifs is 1. The summed E-state index contributed by atoms with van der Waals surface area (Å²) in [5.74, 6) is -0.758. The number of aliphatic hydroxyl groups excluding tert-OH is 1. The lowest BCUT2D eigenvalue weighted by Crippen LogP contribution is -2.21. The van der Waals surface area contributed by atoms with Crippen molar-refractivity contribution in [2.45, 2.75) is 25.0 Å². The van der Waals surface area contributed by atoms with Gasteiger partial charge in [0.25, 0.3) is 6.43 Å². The largest absolute Gasteiger partial charge is 0.391 e. The van der Waals surface area contributed by atoms with Crippen molar-refractivity contribution in [1.29, 1.82) is 0 Å². The third kappa shape index (κ3) is 1.61. The van der Waals surface area contributed by atoms with Crippen LogP contribution in [0.4, 0.5) is 13.2 Å². The molecule has 5 heteroatoms. The lowest BCUT2D eigenvalue weighted by Gasteiger charge is -2.10. The molecule has 0 bridgehead atoms. The Labute approximate surface area is 84.5 Å². The van der Waals surface area contributed by atoms with E-state index in [2.05, 4.69) is 0 Å². The molecule has 3 N–H and O–H groups in total. The van der Waals surface area contributed by atoms with Crippen molar-refractivity contribution in [1.82, 2.24) is 0 Å². The Morgan fingerprint density at radius 2 is 2.07 bits per heavy atom. The Morgan fingerprint density at radius 3 is 2.67 bits per heavy atom. The van der Waals surface area contributed by atoms with Crippen LogP contribution in [0.15, 0.2) is 12.1 Å². The van der Waals surface area contributed by atoms with Crippen molar-refractivity contribution < 1.29 is 18.3 Å². The van der Waals surface area contributed by atoms with Crippen molar-refractivity contribution >= 4 is 0 Å². The Balaban J connectivity index is 2.51. The van der Waals surface area contributed by atoms with Gasteiger partial charge >= 0.3 is 0 Å². The molecular weight excluding hydrogens is 207 g/mol. The second-order valence-electron chi connectivity index (χ2n) is 3.67. The van der Waals surface area contributed by atoms with Crippen molar-refractivity contribution in [3.8, 4) is 0 Å². The van der Waals surface area contributed by atoms with E-state index in [1.54, 1.807) is 0 Å². The Bertz CT molecular complexity index is 394. The maximum absolute atomic E-state index is 13.4. The Hall–Kier alpha value is -1.07. The van der Waals surface area contributed by atoms with E-state index in [0.29, 0.717) is 5.56 Å². The van der Waals surface area contributed by atoms with Crippen LogP contribution in [-0.4, -0.2) is 11.2 Å². The quantitative estimate of drug-likeness (QED) is 0.751. The minimum absolute atomic E-state index is 0.133. The average molecular weight is 217 g/mol. The predicted octanol–water partition coefficient (Wildman–Crippen LogP) is 1.68. The summed E-state index contributed by atoms with van der Waals surface area (Å²) in [6.07, 6.45) is -3.46. The van der Waals surface area contributed by atoms with Crippen molar-refractivity contribution in [2.75, 3.05) is 0 Å². The van der Waals surface area contributed by atoms with Crippen LogP contribution in [0.25, 0.3) is 0 Å². The molecule has 0 spiro atoms. The van der Waals surface area contributed by atoms with Crippen LogP contribution in [0.2, 0.25) is 0 Å². The summed E-state index contributed by atoms with van der Waals surface area (Å²) < 4.78 is 38.1. The molecule has 1 aliphatic rings. The molecule has 0 saturated carbocycles. The van der Waals surface area contributed by atoms with Gasteiger partial charge in [0.05, 0.1) is 12.1 Å². The number of hydrogen-bond acceptors (Lipinski definition) is 2. The molecule has 1 aromatic rings. The highest BCUT2D eigenvalue weighted by Crippen LogP contribution is 2.34. The molecule has 2 atom stereocenters. The van der Waals surface area contributed by atoms with E-state index >= 15 is 0 Å². The summed E-state index contributed by atoms with van der Waals surface area (Å²) in [5.41, 5.74) is 5.71. The van der Waals surface area contributed by atoms with Gasteiger partial charge in [-0.3, -0.25) is 0 Å². The molecule has 0 saturated heterocycles. The highest BCUT2D eigenvalue weighted by Gasteiger charge is 2.32. The minimum Gasteiger partial charge on any atom is -0.391 e. The van der Waals surface area contributed by atoms with E-state index in [0.717, 1.165) is 6.07 Å². The molecule has 15 heavy (non-hydrogen) atoms. The smallest absolute Gasteiger partial charge is 0.263 e. The highest BCUT2D eigenvalue weighted by atomic mass is 19.3. The maximum atomic E-state index is 13.4. The van der Waals surface area contributed by atoms with Crippen molar-refractivity contribution in [2.24, 2.45) is 5.73 Å². The zero-order valence-corrected chi connectivity index (χ0v) is 7.75. The fourth-order valence-corrected chi connectivity index (χ4v) is 1.91. The van der Waals surface area contributed by atoms with Gasteiger partial charge in [-0.05, 0) is 17.7 Å². The van der Waals surface area contributed by atoms with Gasteiger partial charge in [-0.2, -0.15) is 0 Å². The molecule has 2 rings (SSSR count). The fourth-order valence-electron chi connectivity index (χ4n) is 1.91. The van der Waals surface area contributed by atoms with Crippen LogP contribution in [0.1, 0.15) is 29.2 Å². The normalized spacial score (nSPS) is 24.7. The molecule has 1 aromatic carbocycles. The second kappa shape index (κ2) is 3.50. The fraction of sp³-hybridized carbons (Fsp3) is 0.400. The molecule has 0 unspecified atom stereocenters. The van der Waals surface area contributed by atoms with Gasteiger partial charge in [0.1, 0.15) is 5.82 Å². The van der Waals surface area contributed by atoms with Gasteiger partial charge in [-0.25, -0.2) is 13.2 Å². The third-order valence-corrected chi connectivity index (χ3v) is 2.67. The van der Waals surface area contributed by atoms with Crippen LogP contribution in [0.5, 0.6) is 0 Å². The topological polar surface area (TPSA) is 46.2 Å². The summed E-state index contributed by atoms with van der Waals surface area (Å²) in [6, 6.07) is 1.17. The first-order valence-electron chi connectivity index (χ1n) is 4.54. The van der Waals surface area contributed by atoms with Crippen molar-refractivity contribution in [3.63, 3.8) is 0 Å². The second-order valence-corrected chi connectivity index (χ2v) is 3.67. The first-order chi connectivity index (χ1) is 7.00. The summed E-state index contributed by atoms with van der Waals surface area (Å²) in [7, 11) is 0. The number of halogens is 3. The lowest BCUT2D eigenvalue weighted by atomic mass is 10.0. The lowest BCUT2D eigenvalue weighted by molar-refractivity contribution is 0.150. The molecule has 0 fully saturated rings. The minimum atomic E-state index is -2.71. The highest BCUT2D eigenvalue weighted by molar-refractivity contribution is 5.40. The summed E-state index contributed by atoms with van der Waals surface area (Å²) in [5, 5.41) is 9.39. The van der Waals surface area contributed by atoms with Crippen LogP contribution in [-0.2, 0) is 6.42 Å². The van der Waals surface area contributed by atoms with Crippen LogP contribution in [0.3, 0.4) is 0 Å². The molecule has 0 aliphatic heterocycles. The zero-order chi connectivity index (χ0) is 11.2. The summed E-state index contributed by atoms with van der Waals surface area (Å²) in [4.78, 5) is 0. The number of benzene rings is 1. The van der Waals surface area contributed by atoms with Gasteiger partial charge in [-0.1, -0.05) is 0 Å². The summed E-state index contributed by atoms with van der Waals surface area (Å²) >= 11 is 0.